The Labute approximate surface area is 186 Å². The quantitative estimate of drug-likeness (QED) is 0.616. The van der Waals surface area contributed by atoms with Gasteiger partial charge >= 0.3 is 0 Å². The van der Waals surface area contributed by atoms with Crippen LogP contribution in [-0.4, -0.2) is 95.6 Å². The van der Waals surface area contributed by atoms with Crippen LogP contribution in [0.5, 0.6) is 0 Å². The number of thiophene rings is 1. The van der Waals surface area contributed by atoms with Gasteiger partial charge in [0.05, 0.1) is 18.0 Å². The van der Waals surface area contributed by atoms with Gasteiger partial charge in [0.25, 0.3) is 0 Å². The van der Waals surface area contributed by atoms with Crippen LogP contribution in [0.25, 0.3) is 10.7 Å². The van der Waals surface area contributed by atoms with E-state index in [2.05, 4.69) is 25.3 Å². The molecule has 0 radical (unpaired) electrons. The summed E-state index contributed by atoms with van der Waals surface area (Å²) in [5.74, 6) is 1.31. The molecule has 0 spiro atoms. The number of hydrogen-bond donors (Lipinski definition) is 1. The Bertz CT molecular complexity index is 841. The molecule has 0 saturated carbocycles. The predicted molar refractivity (Wildman–Crippen MR) is 118 cm³/mol. The fourth-order valence-electron chi connectivity index (χ4n) is 4.00. The second-order valence-electron chi connectivity index (χ2n) is 8.07. The molecule has 0 atom stereocenters. The van der Waals surface area contributed by atoms with E-state index < -0.39 is 0 Å². The van der Waals surface area contributed by atoms with Gasteiger partial charge in [-0.15, -0.1) is 11.3 Å². The molecule has 2 saturated heterocycles. The first-order valence-corrected chi connectivity index (χ1v) is 11.9. The second-order valence-corrected chi connectivity index (χ2v) is 9.02. The van der Waals surface area contributed by atoms with Crippen molar-refractivity contribution in [3.8, 4) is 10.7 Å². The van der Waals surface area contributed by atoms with Crippen molar-refractivity contribution in [2.45, 2.75) is 25.7 Å². The average molecular weight is 447 g/mol. The van der Waals surface area contributed by atoms with Gasteiger partial charge in [-0.1, -0.05) is 11.2 Å². The number of likely N-dealkylation sites (tertiary alicyclic amines) is 1. The lowest BCUT2D eigenvalue weighted by Crippen LogP contribution is -2.50. The molecule has 0 aliphatic carbocycles. The van der Waals surface area contributed by atoms with E-state index in [9.17, 15) is 9.59 Å². The van der Waals surface area contributed by atoms with Gasteiger partial charge in [0, 0.05) is 45.7 Å². The minimum Gasteiger partial charge on any atom is -0.346 e. The van der Waals surface area contributed by atoms with Crippen molar-refractivity contribution in [3.63, 3.8) is 0 Å². The van der Waals surface area contributed by atoms with E-state index in [1.165, 1.54) is 0 Å². The average Bonchev–Trinajstić information content (AvgIpc) is 3.55. The SMILES string of the molecule is O=C(CN1CCN(CCCc2nc(-c3cccs3)no2)CC1)NCC(=O)N1CCCC1. The van der Waals surface area contributed by atoms with Gasteiger partial charge in [0.15, 0.2) is 0 Å². The van der Waals surface area contributed by atoms with Crippen molar-refractivity contribution in [1.29, 1.82) is 0 Å². The van der Waals surface area contributed by atoms with Crippen LogP contribution in [0.2, 0.25) is 0 Å². The van der Waals surface area contributed by atoms with E-state index in [1.807, 2.05) is 22.4 Å². The monoisotopic (exact) mass is 446 g/mol. The molecule has 2 fully saturated rings. The Kier molecular flexibility index (Phi) is 7.66. The number of nitrogens with one attached hydrogen (secondary N) is 1. The summed E-state index contributed by atoms with van der Waals surface area (Å²) in [6.45, 7) is 6.66. The summed E-state index contributed by atoms with van der Waals surface area (Å²) < 4.78 is 5.36. The molecule has 0 aromatic carbocycles. The molecule has 168 valence electrons. The van der Waals surface area contributed by atoms with Crippen molar-refractivity contribution >= 4 is 23.2 Å². The highest BCUT2D eigenvalue weighted by Gasteiger charge is 2.21. The van der Waals surface area contributed by atoms with Gasteiger partial charge < -0.3 is 19.6 Å². The highest BCUT2D eigenvalue weighted by atomic mass is 32.1. The zero-order valence-electron chi connectivity index (χ0n) is 17.8. The number of carbonyl (C=O) groups excluding carboxylic acids is 2. The summed E-state index contributed by atoms with van der Waals surface area (Å²) in [6, 6.07) is 3.97. The van der Waals surface area contributed by atoms with Crippen LogP contribution in [0.3, 0.4) is 0 Å². The third-order valence-electron chi connectivity index (χ3n) is 5.80. The first-order valence-electron chi connectivity index (χ1n) is 11.0. The summed E-state index contributed by atoms with van der Waals surface area (Å²) in [5, 5.41) is 8.83. The second kappa shape index (κ2) is 10.8. The molecule has 2 aromatic rings. The minimum absolute atomic E-state index is 0.0272. The van der Waals surface area contributed by atoms with Crippen molar-refractivity contribution in [1.82, 2.24) is 30.2 Å². The predicted octanol–water partition coefficient (Wildman–Crippen LogP) is 1.09. The van der Waals surface area contributed by atoms with Gasteiger partial charge in [0.1, 0.15) is 0 Å². The number of piperazine rings is 1. The fraction of sp³-hybridized carbons (Fsp3) is 0.619. The summed E-state index contributed by atoms with van der Waals surface area (Å²) in [5.41, 5.74) is 0. The largest absolute Gasteiger partial charge is 0.346 e. The number of carbonyl (C=O) groups is 2. The normalized spacial score (nSPS) is 17.9. The molecular formula is C21H30N6O3S. The molecule has 4 rings (SSSR count). The van der Waals surface area contributed by atoms with E-state index in [0.29, 0.717) is 18.3 Å². The maximum atomic E-state index is 12.2. The summed E-state index contributed by atoms with van der Waals surface area (Å²) in [6.07, 6.45) is 3.86. The van der Waals surface area contributed by atoms with Gasteiger partial charge in [-0.3, -0.25) is 14.5 Å². The van der Waals surface area contributed by atoms with Crippen LogP contribution >= 0.6 is 11.3 Å². The standard InChI is InChI=1S/C21H30N6O3S/c28-18(22-15-20(29)27-8-1-2-9-27)16-26-12-10-25(11-13-26)7-3-6-19-23-21(24-30-19)17-5-4-14-31-17/h4-5,14H,1-3,6-13,15-16H2,(H,22,28). The smallest absolute Gasteiger partial charge is 0.241 e. The van der Waals surface area contributed by atoms with Crippen LogP contribution in [0.4, 0.5) is 0 Å². The Morgan fingerprint density at radius 3 is 2.61 bits per heavy atom. The number of rotatable bonds is 9. The maximum absolute atomic E-state index is 12.2. The molecule has 2 aromatic heterocycles. The number of amides is 2. The third kappa shape index (κ3) is 6.34. The lowest BCUT2D eigenvalue weighted by atomic mass is 10.2. The molecule has 10 heteroatoms. The Hall–Kier alpha value is -2.30. The van der Waals surface area contributed by atoms with E-state index in [4.69, 9.17) is 4.52 Å². The van der Waals surface area contributed by atoms with Crippen molar-refractivity contribution in [2.24, 2.45) is 0 Å². The van der Waals surface area contributed by atoms with Crippen molar-refractivity contribution < 1.29 is 14.1 Å². The molecular weight excluding hydrogens is 416 g/mol. The van der Waals surface area contributed by atoms with E-state index >= 15 is 0 Å². The number of aromatic nitrogens is 2. The van der Waals surface area contributed by atoms with Crippen LogP contribution < -0.4 is 5.32 Å². The highest BCUT2D eigenvalue weighted by Crippen LogP contribution is 2.21. The lowest BCUT2D eigenvalue weighted by Gasteiger charge is -2.34. The Balaban J connectivity index is 1.09. The van der Waals surface area contributed by atoms with Crippen LogP contribution in [-0.2, 0) is 16.0 Å². The molecule has 2 aliphatic heterocycles. The van der Waals surface area contributed by atoms with Gasteiger partial charge in [0.2, 0.25) is 23.5 Å². The fourth-order valence-corrected chi connectivity index (χ4v) is 4.65. The molecule has 31 heavy (non-hydrogen) atoms. The Morgan fingerprint density at radius 1 is 1.10 bits per heavy atom. The lowest BCUT2D eigenvalue weighted by molar-refractivity contribution is -0.132. The molecule has 2 amide bonds. The molecule has 0 bridgehead atoms. The maximum Gasteiger partial charge on any atom is 0.241 e. The first-order chi connectivity index (χ1) is 15.2. The van der Waals surface area contributed by atoms with E-state index in [0.717, 1.165) is 76.4 Å². The molecule has 4 heterocycles. The van der Waals surface area contributed by atoms with Crippen molar-refractivity contribution in [3.05, 3.63) is 23.4 Å². The first kappa shape index (κ1) is 21.9. The number of hydrogen-bond acceptors (Lipinski definition) is 8. The topological polar surface area (TPSA) is 94.8 Å². The highest BCUT2D eigenvalue weighted by molar-refractivity contribution is 7.13. The third-order valence-corrected chi connectivity index (χ3v) is 6.67. The van der Waals surface area contributed by atoms with Gasteiger partial charge in [-0.25, -0.2) is 0 Å². The summed E-state index contributed by atoms with van der Waals surface area (Å²) >= 11 is 1.61. The van der Waals surface area contributed by atoms with Gasteiger partial charge in [-0.2, -0.15) is 4.98 Å². The number of aryl methyl sites for hydroxylation is 1. The van der Waals surface area contributed by atoms with E-state index in [1.54, 1.807) is 11.3 Å². The van der Waals surface area contributed by atoms with Crippen LogP contribution in [0.1, 0.15) is 25.2 Å². The summed E-state index contributed by atoms with van der Waals surface area (Å²) in [4.78, 5) is 36.1. The van der Waals surface area contributed by atoms with Gasteiger partial charge in [-0.05, 0) is 37.3 Å². The van der Waals surface area contributed by atoms with Crippen LogP contribution in [0, 0.1) is 0 Å². The van der Waals surface area contributed by atoms with Crippen LogP contribution in [0.15, 0.2) is 22.0 Å². The zero-order valence-corrected chi connectivity index (χ0v) is 18.6. The van der Waals surface area contributed by atoms with E-state index in [-0.39, 0.29) is 18.4 Å². The number of nitrogens with zero attached hydrogens (tertiary/aromatic N) is 5. The molecule has 9 nitrogen and oxygen atoms in total. The summed E-state index contributed by atoms with van der Waals surface area (Å²) in [7, 11) is 0. The zero-order chi connectivity index (χ0) is 21.5. The minimum atomic E-state index is -0.0704. The molecule has 0 unspecified atom stereocenters. The molecule has 2 aliphatic rings. The van der Waals surface area contributed by atoms with Crippen molar-refractivity contribution in [2.75, 3.05) is 58.9 Å². The Morgan fingerprint density at radius 2 is 1.87 bits per heavy atom. The molecule has 1 N–H and O–H groups in total.